The number of rotatable bonds is 4. The van der Waals surface area contributed by atoms with E-state index in [1.165, 1.54) is 0 Å². The van der Waals surface area contributed by atoms with Crippen molar-refractivity contribution in [1.29, 1.82) is 0 Å². The number of para-hydroxylation sites is 1. The Bertz CT molecular complexity index is 724. The molecule has 21 heavy (non-hydrogen) atoms. The maximum absolute atomic E-state index is 5.26. The van der Waals surface area contributed by atoms with Crippen LogP contribution < -0.4 is 5.32 Å². The SMILES string of the molecule is Cc1noc(-c2ccccc2NC(C)c2cccnc2)n1. The largest absolute Gasteiger partial charge is 0.378 e. The monoisotopic (exact) mass is 280 g/mol. The van der Waals surface area contributed by atoms with Gasteiger partial charge in [-0.2, -0.15) is 4.98 Å². The predicted octanol–water partition coefficient (Wildman–Crippen LogP) is 3.61. The lowest BCUT2D eigenvalue weighted by Gasteiger charge is -2.17. The van der Waals surface area contributed by atoms with Crippen molar-refractivity contribution < 1.29 is 4.52 Å². The minimum Gasteiger partial charge on any atom is -0.378 e. The fourth-order valence-corrected chi connectivity index (χ4v) is 2.15. The van der Waals surface area contributed by atoms with Gasteiger partial charge in [0.2, 0.25) is 0 Å². The maximum Gasteiger partial charge on any atom is 0.260 e. The molecule has 3 rings (SSSR count). The van der Waals surface area contributed by atoms with Crippen LogP contribution in [-0.4, -0.2) is 15.1 Å². The summed E-state index contributed by atoms with van der Waals surface area (Å²) in [6.07, 6.45) is 3.63. The minimum absolute atomic E-state index is 0.129. The molecular formula is C16H16N4O. The van der Waals surface area contributed by atoms with Gasteiger partial charge in [0.1, 0.15) is 0 Å². The van der Waals surface area contributed by atoms with Crippen molar-refractivity contribution in [2.24, 2.45) is 0 Å². The summed E-state index contributed by atoms with van der Waals surface area (Å²) in [5, 5.41) is 7.31. The molecule has 1 atom stereocenters. The summed E-state index contributed by atoms with van der Waals surface area (Å²) in [6.45, 7) is 3.90. The molecule has 1 N–H and O–H groups in total. The second kappa shape index (κ2) is 5.75. The third-order valence-corrected chi connectivity index (χ3v) is 3.24. The second-order valence-electron chi connectivity index (χ2n) is 4.84. The predicted molar refractivity (Wildman–Crippen MR) is 80.7 cm³/mol. The molecule has 0 saturated carbocycles. The van der Waals surface area contributed by atoms with Gasteiger partial charge in [-0.3, -0.25) is 4.98 Å². The van der Waals surface area contributed by atoms with E-state index in [2.05, 4.69) is 27.4 Å². The van der Waals surface area contributed by atoms with Crippen LogP contribution in [0.1, 0.15) is 24.4 Å². The van der Waals surface area contributed by atoms with Crippen molar-refractivity contribution in [1.82, 2.24) is 15.1 Å². The number of anilines is 1. The fraction of sp³-hybridized carbons (Fsp3) is 0.188. The normalized spacial score (nSPS) is 12.1. The van der Waals surface area contributed by atoms with Crippen molar-refractivity contribution in [3.05, 3.63) is 60.2 Å². The van der Waals surface area contributed by atoms with Gasteiger partial charge in [0.05, 0.1) is 11.6 Å². The summed E-state index contributed by atoms with van der Waals surface area (Å²) < 4.78 is 5.26. The Morgan fingerprint density at radius 2 is 2.00 bits per heavy atom. The average Bonchev–Trinajstić information content (AvgIpc) is 2.95. The molecule has 1 aromatic carbocycles. The third-order valence-electron chi connectivity index (χ3n) is 3.24. The number of hydrogen-bond acceptors (Lipinski definition) is 5. The van der Waals surface area contributed by atoms with Crippen LogP contribution in [0.2, 0.25) is 0 Å². The van der Waals surface area contributed by atoms with Gasteiger partial charge < -0.3 is 9.84 Å². The van der Waals surface area contributed by atoms with Crippen LogP contribution in [0.15, 0.2) is 53.3 Å². The van der Waals surface area contributed by atoms with Gasteiger partial charge in [-0.25, -0.2) is 0 Å². The molecule has 0 aliphatic heterocycles. The molecule has 0 amide bonds. The van der Waals surface area contributed by atoms with Crippen molar-refractivity contribution in [2.75, 3.05) is 5.32 Å². The molecule has 2 aromatic heterocycles. The Hall–Kier alpha value is -2.69. The first-order valence-electron chi connectivity index (χ1n) is 6.80. The summed E-state index contributed by atoms with van der Waals surface area (Å²) in [4.78, 5) is 8.44. The van der Waals surface area contributed by atoms with E-state index in [4.69, 9.17) is 4.52 Å². The smallest absolute Gasteiger partial charge is 0.260 e. The van der Waals surface area contributed by atoms with Gasteiger partial charge in [-0.1, -0.05) is 23.4 Å². The van der Waals surface area contributed by atoms with Crippen LogP contribution in [0.3, 0.4) is 0 Å². The maximum atomic E-state index is 5.26. The van der Waals surface area contributed by atoms with E-state index in [1.54, 1.807) is 13.1 Å². The van der Waals surface area contributed by atoms with Crippen LogP contribution in [0, 0.1) is 6.92 Å². The lowest BCUT2D eigenvalue weighted by atomic mass is 10.1. The van der Waals surface area contributed by atoms with E-state index >= 15 is 0 Å². The molecule has 1 unspecified atom stereocenters. The van der Waals surface area contributed by atoms with Crippen LogP contribution >= 0.6 is 0 Å². The Balaban J connectivity index is 1.89. The molecule has 5 heteroatoms. The number of aromatic nitrogens is 3. The van der Waals surface area contributed by atoms with Crippen molar-refractivity contribution in [3.63, 3.8) is 0 Å². The van der Waals surface area contributed by atoms with Gasteiger partial charge in [-0.05, 0) is 37.6 Å². The topological polar surface area (TPSA) is 63.8 Å². The molecule has 0 bridgehead atoms. The van der Waals surface area contributed by atoms with Gasteiger partial charge in [0.25, 0.3) is 5.89 Å². The molecule has 2 heterocycles. The Kier molecular flexibility index (Phi) is 3.64. The highest BCUT2D eigenvalue weighted by molar-refractivity contribution is 5.72. The summed E-state index contributed by atoms with van der Waals surface area (Å²) in [5.74, 6) is 1.15. The van der Waals surface area contributed by atoms with Gasteiger partial charge in [0.15, 0.2) is 5.82 Å². The average molecular weight is 280 g/mol. The van der Waals surface area contributed by atoms with Gasteiger partial charge in [0, 0.05) is 18.1 Å². The van der Waals surface area contributed by atoms with E-state index in [0.717, 1.165) is 16.8 Å². The first-order chi connectivity index (χ1) is 10.2. The quantitative estimate of drug-likeness (QED) is 0.790. The molecule has 106 valence electrons. The lowest BCUT2D eigenvalue weighted by molar-refractivity contribution is 0.425. The number of nitrogens with one attached hydrogen (secondary N) is 1. The molecular weight excluding hydrogens is 264 g/mol. The first-order valence-corrected chi connectivity index (χ1v) is 6.80. The second-order valence-corrected chi connectivity index (χ2v) is 4.84. The molecule has 0 aliphatic carbocycles. The Morgan fingerprint density at radius 1 is 1.14 bits per heavy atom. The van der Waals surface area contributed by atoms with Crippen molar-refractivity contribution in [3.8, 4) is 11.5 Å². The molecule has 3 aromatic rings. The first kappa shape index (κ1) is 13.3. The number of hydrogen-bond donors (Lipinski definition) is 1. The number of pyridine rings is 1. The summed E-state index contributed by atoms with van der Waals surface area (Å²) in [5.41, 5.74) is 2.97. The minimum atomic E-state index is 0.129. The van der Waals surface area contributed by atoms with Crippen molar-refractivity contribution in [2.45, 2.75) is 19.9 Å². The summed E-state index contributed by atoms with van der Waals surface area (Å²) >= 11 is 0. The summed E-state index contributed by atoms with van der Waals surface area (Å²) in [7, 11) is 0. The standard InChI is InChI=1S/C16H16N4O/c1-11(13-6-5-9-17-10-13)18-15-8-4-3-7-14(15)16-19-12(2)20-21-16/h3-11,18H,1-2H3. The van der Waals surface area contributed by atoms with E-state index in [-0.39, 0.29) is 6.04 Å². The lowest BCUT2D eigenvalue weighted by Crippen LogP contribution is -2.07. The van der Waals surface area contributed by atoms with Gasteiger partial charge in [-0.15, -0.1) is 0 Å². The highest BCUT2D eigenvalue weighted by atomic mass is 16.5. The van der Waals surface area contributed by atoms with E-state index in [0.29, 0.717) is 11.7 Å². The van der Waals surface area contributed by atoms with E-state index < -0.39 is 0 Å². The molecule has 0 fully saturated rings. The summed E-state index contributed by atoms with van der Waals surface area (Å²) in [6, 6.07) is 12.0. The van der Waals surface area contributed by atoms with Gasteiger partial charge >= 0.3 is 0 Å². The zero-order valence-corrected chi connectivity index (χ0v) is 11.9. The Labute approximate surface area is 123 Å². The third kappa shape index (κ3) is 2.91. The molecule has 0 radical (unpaired) electrons. The Morgan fingerprint density at radius 3 is 2.71 bits per heavy atom. The molecule has 0 spiro atoms. The number of benzene rings is 1. The zero-order chi connectivity index (χ0) is 14.7. The van der Waals surface area contributed by atoms with Crippen LogP contribution in [0.4, 0.5) is 5.69 Å². The van der Waals surface area contributed by atoms with Crippen LogP contribution in [-0.2, 0) is 0 Å². The van der Waals surface area contributed by atoms with E-state index in [1.807, 2.05) is 42.6 Å². The fourth-order valence-electron chi connectivity index (χ4n) is 2.15. The highest BCUT2D eigenvalue weighted by Crippen LogP contribution is 2.29. The van der Waals surface area contributed by atoms with Crippen LogP contribution in [0.25, 0.3) is 11.5 Å². The zero-order valence-electron chi connectivity index (χ0n) is 11.9. The van der Waals surface area contributed by atoms with Crippen molar-refractivity contribution >= 4 is 5.69 Å². The van der Waals surface area contributed by atoms with Crippen LogP contribution in [0.5, 0.6) is 0 Å². The molecule has 5 nitrogen and oxygen atoms in total. The highest BCUT2D eigenvalue weighted by Gasteiger charge is 2.13. The molecule has 0 saturated heterocycles. The molecule has 0 aliphatic rings. The number of aryl methyl sites for hydroxylation is 1. The van der Waals surface area contributed by atoms with E-state index in [9.17, 15) is 0 Å². The number of nitrogens with zero attached hydrogens (tertiary/aromatic N) is 3.